The van der Waals surface area contributed by atoms with Gasteiger partial charge in [-0.2, -0.15) is 0 Å². The van der Waals surface area contributed by atoms with Crippen molar-refractivity contribution >= 4 is 15.8 Å². The molecule has 21 heavy (non-hydrogen) atoms. The fraction of sp³-hybridized carbons (Fsp3) is 0.562. The second kappa shape index (κ2) is 7.18. The Morgan fingerprint density at radius 1 is 1.10 bits per heavy atom. The van der Waals surface area contributed by atoms with Crippen LogP contribution in [0.3, 0.4) is 0 Å². The molecule has 0 spiro atoms. The van der Waals surface area contributed by atoms with Crippen molar-refractivity contribution in [2.24, 2.45) is 0 Å². The van der Waals surface area contributed by atoms with Gasteiger partial charge in [-0.3, -0.25) is 4.79 Å². The molecule has 0 saturated carbocycles. The molecule has 1 aromatic rings. The van der Waals surface area contributed by atoms with Crippen molar-refractivity contribution in [3.63, 3.8) is 0 Å². The summed E-state index contributed by atoms with van der Waals surface area (Å²) in [6.07, 6.45) is 2.55. The van der Waals surface area contributed by atoms with E-state index in [1.165, 1.54) is 12.1 Å². The minimum absolute atomic E-state index is 0.0558. The molecule has 0 heterocycles. The first-order valence-corrected chi connectivity index (χ1v) is 8.99. The third kappa shape index (κ3) is 4.14. The molecular weight excluding hydrogens is 286 g/mol. The van der Waals surface area contributed by atoms with Gasteiger partial charge in [0.25, 0.3) is 0 Å². The predicted molar refractivity (Wildman–Crippen MR) is 85.0 cm³/mol. The largest absolute Gasteiger partial charge is 0.294 e. The third-order valence-corrected chi connectivity index (χ3v) is 5.74. The summed E-state index contributed by atoms with van der Waals surface area (Å²) in [5.74, 6) is -0.0558. The number of nitrogens with one attached hydrogen (secondary N) is 1. The number of ketones is 1. The van der Waals surface area contributed by atoms with Crippen LogP contribution in [0.25, 0.3) is 0 Å². The van der Waals surface area contributed by atoms with E-state index in [1.807, 2.05) is 20.8 Å². The van der Waals surface area contributed by atoms with Crippen molar-refractivity contribution in [1.29, 1.82) is 0 Å². The lowest BCUT2D eigenvalue weighted by atomic mass is 9.91. The average molecular weight is 311 g/mol. The maximum absolute atomic E-state index is 12.6. The van der Waals surface area contributed by atoms with Crippen LogP contribution < -0.4 is 4.72 Å². The standard InChI is InChI=1S/C16H25NO3S/c1-5-15(18)13-10-9-11-14(12-13)21(19,20)17-16(6-2,7-3)8-4/h9-12,17H,5-8H2,1-4H3. The molecule has 0 amide bonds. The summed E-state index contributed by atoms with van der Waals surface area (Å²) in [6.45, 7) is 7.70. The zero-order valence-electron chi connectivity index (χ0n) is 13.3. The summed E-state index contributed by atoms with van der Waals surface area (Å²) in [5, 5.41) is 0. The van der Waals surface area contributed by atoms with Crippen LogP contribution in [0.2, 0.25) is 0 Å². The van der Waals surface area contributed by atoms with E-state index in [0.717, 1.165) is 19.3 Å². The van der Waals surface area contributed by atoms with Gasteiger partial charge in [0.1, 0.15) is 0 Å². The summed E-state index contributed by atoms with van der Waals surface area (Å²) < 4.78 is 27.9. The highest BCUT2D eigenvalue weighted by molar-refractivity contribution is 7.89. The van der Waals surface area contributed by atoms with Crippen LogP contribution in [0, 0.1) is 0 Å². The van der Waals surface area contributed by atoms with E-state index >= 15 is 0 Å². The number of Topliss-reactive ketones (excluding diaryl/α,β-unsaturated/α-hetero) is 1. The Hall–Kier alpha value is -1.20. The van der Waals surface area contributed by atoms with Gasteiger partial charge in [0.2, 0.25) is 10.0 Å². The monoisotopic (exact) mass is 311 g/mol. The number of rotatable bonds is 8. The second-order valence-corrected chi connectivity index (χ2v) is 6.93. The zero-order valence-corrected chi connectivity index (χ0v) is 14.1. The number of hydrogen-bond acceptors (Lipinski definition) is 3. The first kappa shape index (κ1) is 17.9. The van der Waals surface area contributed by atoms with Crippen molar-refractivity contribution < 1.29 is 13.2 Å². The van der Waals surface area contributed by atoms with Crippen LogP contribution in [0.5, 0.6) is 0 Å². The molecule has 5 heteroatoms. The van der Waals surface area contributed by atoms with E-state index in [2.05, 4.69) is 4.72 Å². The lowest BCUT2D eigenvalue weighted by Gasteiger charge is -2.31. The summed E-state index contributed by atoms with van der Waals surface area (Å²) in [5.41, 5.74) is 0.0133. The van der Waals surface area contributed by atoms with Gasteiger partial charge in [-0.25, -0.2) is 13.1 Å². The Morgan fingerprint density at radius 3 is 2.14 bits per heavy atom. The molecule has 0 fully saturated rings. The Bertz CT molecular complexity index is 581. The Balaban J connectivity index is 3.16. The molecular formula is C16H25NO3S. The highest BCUT2D eigenvalue weighted by atomic mass is 32.2. The minimum Gasteiger partial charge on any atom is -0.294 e. The minimum atomic E-state index is -3.62. The molecule has 4 nitrogen and oxygen atoms in total. The number of sulfonamides is 1. The number of hydrogen-bond donors (Lipinski definition) is 1. The summed E-state index contributed by atoms with van der Waals surface area (Å²) in [6, 6.07) is 6.25. The smallest absolute Gasteiger partial charge is 0.241 e. The van der Waals surface area contributed by atoms with Gasteiger partial charge in [-0.1, -0.05) is 39.8 Å². The van der Waals surface area contributed by atoms with E-state index in [1.54, 1.807) is 19.1 Å². The summed E-state index contributed by atoms with van der Waals surface area (Å²) >= 11 is 0. The zero-order chi connectivity index (χ0) is 16.1. The summed E-state index contributed by atoms with van der Waals surface area (Å²) in [4.78, 5) is 11.9. The van der Waals surface area contributed by atoms with Gasteiger partial charge in [0.15, 0.2) is 5.78 Å². The number of benzene rings is 1. The van der Waals surface area contributed by atoms with Crippen LogP contribution in [0.15, 0.2) is 29.2 Å². The second-order valence-electron chi connectivity index (χ2n) is 5.25. The molecule has 1 N–H and O–H groups in total. The van der Waals surface area contributed by atoms with Gasteiger partial charge in [0.05, 0.1) is 4.90 Å². The Labute approximate surface area is 128 Å². The molecule has 0 unspecified atom stereocenters. The van der Waals surface area contributed by atoms with Crippen molar-refractivity contribution in [2.75, 3.05) is 0 Å². The van der Waals surface area contributed by atoms with Crippen LogP contribution >= 0.6 is 0 Å². The van der Waals surface area contributed by atoms with Crippen LogP contribution in [0.4, 0.5) is 0 Å². The fourth-order valence-electron chi connectivity index (χ4n) is 2.35. The highest BCUT2D eigenvalue weighted by Gasteiger charge is 2.30. The molecule has 0 atom stereocenters. The Morgan fingerprint density at radius 2 is 1.67 bits per heavy atom. The normalized spacial score (nSPS) is 12.4. The topological polar surface area (TPSA) is 63.2 Å². The van der Waals surface area contributed by atoms with Gasteiger partial charge < -0.3 is 0 Å². The van der Waals surface area contributed by atoms with Crippen molar-refractivity contribution in [2.45, 2.75) is 63.8 Å². The fourth-order valence-corrected chi connectivity index (χ4v) is 4.01. The number of carbonyl (C=O) groups is 1. The van der Waals surface area contributed by atoms with Crippen LogP contribution in [-0.2, 0) is 10.0 Å². The maximum atomic E-state index is 12.6. The van der Waals surface area contributed by atoms with Crippen molar-refractivity contribution in [3.05, 3.63) is 29.8 Å². The van der Waals surface area contributed by atoms with Gasteiger partial charge in [0, 0.05) is 17.5 Å². The molecule has 0 radical (unpaired) electrons. The quantitative estimate of drug-likeness (QED) is 0.747. The maximum Gasteiger partial charge on any atom is 0.241 e. The van der Waals surface area contributed by atoms with Gasteiger partial charge >= 0.3 is 0 Å². The summed E-state index contributed by atoms with van der Waals surface area (Å²) in [7, 11) is -3.62. The molecule has 0 aliphatic heterocycles. The van der Waals surface area contributed by atoms with Gasteiger partial charge in [-0.15, -0.1) is 0 Å². The third-order valence-electron chi connectivity index (χ3n) is 4.17. The van der Waals surface area contributed by atoms with E-state index in [4.69, 9.17) is 0 Å². The molecule has 0 aliphatic rings. The molecule has 0 saturated heterocycles. The van der Waals surface area contributed by atoms with Crippen LogP contribution in [0.1, 0.15) is 63.7 Å². The van der Waals surface area contributed by atoms with E-state index in [-0.39, 0.29) is 10.7 Å². The highest BCUT2D eigenvalue weighted by Crippen LogP contribution is 2.23. The van der Waals surface area contributed by atoms with E-state index in [9.17, 15) is 13.2 Å². The first-order valence-electron chi connectivity index (χ1n) is 7.51. The SMILES string of the molecule is CCC(=O)c1cccc(S(=O)(=O)NC(CC)(CC)CC)c1. The molecule has 0 bridgehead atoms. The lowest BCUT2D eigenvalue weighted by Crippen LogP contribution is -2.46. The Kier molecular flexibility index (Phi) is 6.10. The number of carbonyl (C=O) groups excluding carboxylic acids is 1. The van der Waals surface area contributed by atoms with E-state index < -0.39 is 15.6 Å². The first-order chi connectivity index (χ1) is 9.84. The van der Waals surface area contributed by atoms with Gasteiger partial charge in [-0.05, 0) is 31.4 Å². The lowest BCUT2D eigenvalue weighted by molar-refractivity contribution is 0.0988. The average Bonchev–Trinajstić information content (AvgIpc) is 2.52. The van der Waals surface area contributed by atoms with Crippen molar-refractivity contribution in [1.82, 2.24) is 4.72 Å². The molecule has 1 rings (SSSR count). The predicted octanol–water partition coefficient (Wildman–Crippen LogP) is 3.53. The molecule has 0 aliphatic carbocycles. The molecule has 118 valence electrons. The van der Waals surface area contributed by atoms with E-state index in [0.29, 0.717) is 12.0 Å². The molecule has 0 aromatic heterocycles. The van der Waals surface area contributed by atoms with Crippen molar-refractivity contribution in [3.8, 4) is 0 Å². The molecule has 1 aromatic carbocycles. The van der Waals surface area contributed by atoms with Crippen LogP contribution in [-0.4, -0.2) is 19.7 Å².